The van der Waals surface area contributed by atoms with Gasteiger partial charge in [-0.25, -0.2) is 4.79 Å². The molecule has 0 bridgehead atoms. The number of benzene rings is 2. The number of nitrogens with one attached hydrogen (secondary N) is 1. The van der Waals surface area contributed by atoms with Crippen LogP contribution in [0.1, 0.15) is 36.2 Å². The molecule has 1 radical (unpaired) electrons. The number of Topliss-reactive ketones (excluding diaryl/α,β-unsaturated/α-hetero) is 1. The van der Waals surface area contributed by atoms with Gasteiger partial charge in [-0.05, 0) is 24.0 Å². The highest BCUT2D eigenvalue weighted by Crippen LogP contribution is 2.12. The highest BCUT2D eigenvalue weighted by Gasteiger charge is 2.23. The van der Waals surface area contributed by atoms with Crippen molar-refractivity contribution in [1.29, 1.82) is 0 Å². The number of ketones is 1. The van der Waals surface area contributed by atoms with E-state index in [9.17, 15) is 9.59 Å². The maximum Gasteiger partial charge on any atom is 0.408 e. The Labute approximate surface area is 142 Å². The molecule has 0 aliphatic rings. The summed E-state index contributed by atoms with van der Waals surface area (Å²) in [4.78, 5) is 24.7. The van der Waals surface area contributed by atoms with Crippen LogP contribution in [-0.4, -0.2) is 17.9 Å². The zero-order chi connectivity index (χ0) is 17.4. The number of rotatable bonds is 7. The molecule has 2 aromatic rings. The summed E-state index contributed by atoms with van der Waals surface area (Å²) in [5.41, 5.74) is 1.46. The Morgan fingerprint density at radius 1 is 1.08 bits per heavy atom. The van der Waals surface area contributed by atoms with Gasteiger partial charge in [-0.3, -0.25) is 4.79 Å². The van der Waals surface area contributed by atoms with Gasteiger partial charge in [0.25, 0.3) is 0 Å². The minimum atomic E-state index is -0.601. The van der Waals surface area contributed by atoms with E-state index >= 15 is 0 Å². The molecule has 0 aromatic heterocycles. The molecular formula is C20H22NO3. The first-order chi connectivity index (χ1) is 11.6. The first-order valence-electron chi connectivity index (χ1n) is 8.04. The molecule has 4 heteroatoms. The summed E-state index contributed by atoms with van der Waals surface area (Å²) in [6.45, 7) is 4.20. The lowest BCUT2D eigenvalue weighted by Gasteiger charge is -2.19. The van der Waals surface area contributed by atoms with E-state index in [1.165, 1.54) is 0 Å². The Bertz CT molecular complexity index is 653. The Kier molecular flexibility index (Phi) is 6.55. The van der Waals surface area contributed by atoms with E-state index in [2.05, 4.69) is 11.4 Å². The van der Waals surface area contributed by atoms with Gasteiger partial charge in [-0.1, -0.05) is 68.4 Å². The molecule has 0 spiro atoms. The Morgan fingerprint density at radius 2 is 1.75 bits per heavy atom. The molecule has 125 valence electrons. The second-order valence-corrected chi connectivity index (χ2v) is 6.04. The number of carbonyl (C=O) groups is 2. The molecule has 0 saturated heterocycles. The molecule has 2 rings (SSSR count). The van der Waals surface area contributed by atoms with Gasteiger partial charge in [0.2, 0.25) is 0 Å². The fraction of sp³-hybridized carbons (Fsp3) is 0.300. The predicted molar refractivity (Wildman–Crippen MR) is 92.6 cm³/mol. The highest BCUT2D eigenvalue weighted by molar-refractivity contribution is 6.01. The van der Waals surface area contributed by atoms with Gasteiger partial charge in [0, 0.05) is 5.56 Å². The molecule has 1 atom stereocenters. The third-order valence-electron chi connectivity index (χ3n) is 3.53. The fourth-order valence-electron chi connectivity index (χ4n) is 2.36. The van der Waals surface area contributed by atoms with E-state index in [0.29, 0.717) is 12.0 Å². The van der Waals surface area contributed by atoms with Crippen LogP contribution in [0.15, 0.2) is 54.6 Å². The summed E-state index contributed by atoms with van der Waals surface area (Å²) in [6.07, 6.45) is -0.0296. The van der Waals surface area contributed by atoms with Gasteiger partial charge in [-0.2, -0.15) is 0 Å². The van der Waals surface area contributed by atoms with Crippen LogP contribution in [-0.2, 0) is 11.3 Å². The van der Waals surface area contributed by atoms with E-state index < -0.39 is 12.1 Å². The Balaban J connectivity index is 1.97. The molecule has 0 heterocycles. The van der Waals surface area contributed by atoms with Crippen LogP contribution < -0.4 is 5.32 Å². The lowest BCUT2D eigenvalue weighted by molar-refractivity contribution is 0.0902. The van der Waals surface area contributed by atoms with Crippen LogP contribution in [0.5, 0.6) is 0 Å². The van der Waals surface area contributed by atoms with Crippen LogP contribution in [0.25, 0.3) is 0 Å². The lowest BCUT2D eigenvalue weighted by Crippen LogP contribution is -2.42. The molecule has 2 aromatic carbocycles. The van der Waals surface area contributed by atoms with Crippen molar-refractivity contribution in [2.45, 2.75) is 32.9 Å². The van der Waals surface area contributed by atoms with Crippen molar-refractivity contribution in [1.82, 2.24) is 5.32 Å². The number of alkyl carbamates (subject to hydrolysis) is 1. The number of ether oxygens (including phenoxy) is 1. The molecule has 0 aliphatic carbocycles. The van der Waals surface area contributed by atoms with Gasteiger partial charge in [0.05, 0.1) is 6.04 Å². The van der Waals surface area contributed by atoms with Crippen molar-refractivity contribution in [3.63, 3.8) is 0 Å². The van der Waals surface area contributed by atoms with Gasteiger partial charge in [0.15, 0.2) is 5.78 Å². The monoisotopic (exact) mass is 324 g/mol. The minimum Gasteiger partial charge on any atom is -0.445 e. The van der Waals surface area contributed by atoms with E-state index in [0.717, 1.165) is 5.56 Å². The molecule has 4 nitrogen and oxygen atoms in total. The van der Waals surface area contributed by atoms with Crippen molar-refractivity contribution in [2.75, 3.05) is 0 Å². The maximum absolute atomic E-state index is 12.6. The topological polar surface area (TPSA) is 55.4 Å². The molecule has 1 N–H and O–H groups in total. The van der Waals surface area contributed by atoms with Crippen LogP contribution in [0.3, 0.4) is 0 Å². The predicted octanol–water partition coefficient (Wildman–Crippen LogP) is 4.01. The smallest absolute Gasteiger partial charge is 0.408 e. The molecular weight excluding hydrogens is 302 g/mol. The Morgan fingerprint density at radius 3 is 2.38 bits per heavy atom. The van der Waals surface area contributed by atoms with Crippen molar-refractivity contribution in [2.24, 2.45) is 5.92 Å². The summed E-state index contributed by atoms with van der Waals surface area (Å²) in [5.74, 6) is 0.151. The first kappa shape index (κ1) is 17.7. The van der Waals surface area contributed by atoms with Crippen molar-refractivity contribution in [3.8, 4) is 0 Å². The quantitative estimate of drug-likeness (QED) is 0.783. The SMILES string of the molecule is CC(C)C[C@H](NC(=O)OCc1ccccc1)C(=O)c1cc[c]cc1. The molecule has 0 fully saturated rings. The molecule has 0 unspecified atom stereocenters. The van der Waals surface area contributed by atoms with Gasteiger partial charge < -0.3 is 10.1 Å². The third kappa shape index (κ3) is 5.54. The zero-order valence-corrected chi connectivity index (χ0v) is 14.0. The minimum absolute atomic E-state index is 0.116. The normalized spacial score (nSPS) is 11.8. The second kappa shape index (κ2) is 8.87. The molecule has 0 saturated carbocycles. The van der Waals surface area contributed by atoms with Crippen LogP contribution in [0, 0.1) is 12.0 Å². The third-order valence-corrected chi connectivity index (χ3v) is 3.53. The maximum atomic E-state index is 12.6. The van der Waals surface area contributed by atoms with Crippen LogP contribution >= 0.6 is 0 Å². The Hall–Kier alpha value is -2.62. The van der Waals surface area contributed by atoms with Crippen LogP contribution in [0.2, 0.25) is 0 Å². The summed E-state index contributed by atoms with van der Waals surface area (Å²) in [5, 5.41) is 2.70. The average molecular weight is 324 g/mol. The summed E-state index contributed by atoms with van der Waals surface area (Å²) in [6, 6.07) is 18.5. The average Bonchev–Trinajstić information content (AvgIpc) is 2.60. The van der Waals surface area contributed by atoms with Crippen molar-refractivity contribution >= 4 is 11.9 Å². The van der Waals surface area contributed by atoms with Gasteiger partial charge in [0.1, 0.15) is 6.61 Å². The van der Waals surface area contributed by atoms with Crippen LogP contribution in [0.4, 0.5) is 4.79 Å². The molecule has 0 aliphatic heterocycles. The molecule has 1 amide bonds. The second-order valence-electron chi connectivity index (χ2n) is 6.04. The number of hydrogen-bond acceptors (Lipinski definition) is 3. The number of carbonyl (C=O) groups excluding carboxylic acids is 2. The number of amides is 1. The highest BCUT2D eigenvalue weighted by atomic mass is 16.5. The summed E-state index contributed by atoms with van der Waals surface area (Å²) < 4.78 is 5.22. The van der Waals surface area contributed by atoms with E-state index in [4.69, 9.17) is 4.74 Å². The van der Waals surface area contributed by atoms with Gasteiger partial charge in [-0.15, -0.1) is 0 Å². The lowest BCUT2D eigenvalue weighted by atomic mass is 9.96. The van der Waals surface area contributed by atoms with Gasteiger partial charge >= 0.3 is 6.09 Å². The molecule has 24 heavy (non-hydrogen) atoms. The van der Waals surface area contributed by atoms with E-state index in [1.807, 2.05) is 44.2 Å². The number of hydrogen-bond donors (Lipinski definition) is 1. The zero-order valence-electron chi connectivity index (χ0n) is 14.0. The van der Waals surface area contributed by atoms with Crippen molar-refractivity contribution in [3.05, 3.63) is 71.8 Å². The first-order valence-corrected chi connectivity index (χ1v) is 8.04. The largest absolute Gasteiger partial charge is 0.445 e. The fourth-order valence-corrected chi connectivity index (χ4v) is 2.36. The summed E-state index contributed by atoms with van der Waals surface area (Å²) >= 11 is 0. The standard InChI is InChI=1S/C20H22NO3/c1-15(2)13-18(19(22)17-11-7-4-8-12-17)21-20(23)24-14-16-9-5-3-6-10-16/h3,5-12,15,18H,13-14H2,1-2H3,(H,21,23)/t18-/m0/s1. The van der Waals surface area contributed by atoms with Crippen molar-refractivity contribution < 1.29 is 14.3 Å². The van der Waals surface area contributed by atoms with E-state index in [1.54, 1.807) is 24.3 Å². The van der Waals surface area contributed by atoms with E-state index in [-0.39, 0.29) is 18.3 Å². The summed E-state index contributed by atoms with van der Waals surface area (Å²) in [7, 11) is 0.